The Hall–Kier alpha value is -2.33. The Labute approximate surface area is 162 Å². The highest BCUT2D eigenvalue weighted by molar-refractivity contribution is 7.89. The Kier molecular flexibility index (Phi) is 4.92. The normalized spacial score (nSPS) is 19.6. The quantitative estimate of drug-likeness (QED) is 0.764. The zero-order valence-corrected chi connectivity index (χ0v) is 16.2. The zero-order chi connectivity index (χ0) is 19.9. The van der Waals surface area contributed by atoms with E-state index in [0.717, 1.165) is 25.0 Å². The summed E-state index contributed by atoms with van der Waals surface area (Å²) in [6.45, 7) is 3.43. The lowest BCUT2D eigenvalue weighted by molar-refractivity contribution is -0.129. The molecule has 0 bridgehead atoms. The van der Waals surface area contributed by atoms with E-state index in [-0.39, 0.29) is 35.7 Å². The molecule has 1 aromatic carbocycles. The van der Waals surface area contributed by atoms with Gasteiger partial charge in [0.15, 0.2) is 5.82 Å². The second-order valence-corrected chi connectivity index (χ2v) is 9.18. The minimum atomic E-state index is -3.65. The lowest BCUT2D eigenvalue weighted by atomic mass is 9.96. The Morgan fingerprint density at radius 2 is 1.79 bits per heavy atom. The molecule has 0 saturated carbocycles. The Bertz CT molecular complexity index is 962. The van der Waals surface area contributed by atoms with Gasteiger partial charge in [-0.15, -0.1) is 0 Å². The number of carbonyl (C=O) groups excluding carboxylic acids is 1. The van der Waals surface area contributed by atoms with Crippen LogP contribution in [0, 0.1) is 5.82 Å². The first-order valence-electron chi connectivity index (χ1n) is 9.19. The molecule has 2 aliphatic rings. The van der Waals surface area contributed by atoms with Crippen LogP contribution in [0.15, 0.2) is 33.7 Å². The summed E-state index contributed by atoms with van der Waals surface area (Å²) in [6.07, 6.45) is 1.57. The van der Waals surface area contributed by atoms with Gasteiger partial charge >= 0.3 is 0 Å². The van der Waals surface area contributed by atoms with Gasteiger partial charge in [-0.3, -0.25) is 4.79 Å². The van der Waals surface area contributed by atoms with Crippen molar-refractivity contribution < 1.29 is 22.1 Å². The summed E-state index contributed by atoms with van der Waals surface area (Å²) in [5.41, 5.74) is 0. The second-order valence-electron chi connectivity index (χ2n) is 7.24. The lowest BCUT2D eigenvalue weighted by Gasteiger charge is -2.35. The molecule has 4 rings (SSSR count). The standard InChI is InChI=1S/C18H21FN4O4S/c1-12(24)22-8-6-13(7-9-22)17-20-18(27-21-17)14-10-23(11-14)28(25,26)16-4-2-15(19)3-5-16/h2-5,13-14H,6-11H2,1H3. The maximum absolute atomic E-state index is 13.0. The van der Waals surface area contributed by atoms with Gasteiger partial charge in [-0.05, 0) is 37.1 Å². The highest BCUT2D eigenvalue weighted by atomic mass is 32.2. The van der Waals surface area contributed by atoms with Crippen molar-refractivity contribution in [1.29, 1.82) is 0 Å². The van der Waals surface area contributed by atoms with Crippen molar-refractivity contribution in [1.82, 2.24) is 19.3 Å². The van der Waals surface area contributed by atoms with Gasteiger partial charge < -0.3 is 9.42 Å². The third-order valence-electron chi connectivity index (χ3n) is 5.41. The van der Waals surface area contributed by atoms with E-state index in [0.29, 0.717) is 24.8 Å². The molecule has 2 fully saturated rings. The summed E-state index contributed by atoms with van der Waals surface area (Å²) in [5.74, 6) is 0.658. The van der Waals surface area contributed by atoms with Crippen LogP contribution in [0.1, 0.15) is 43.3 Å². The van der Waals surface area contributed by atoms with Crippen LogP contribution < -0.4 is 0 Å². The maximum atomic E-state index is 13.0. The summed E-state index contributed by atoms with van der Waals surface area (Å²) in [7, 11) is -3.65. The molecule has 1 amide bonds. The molecule has 0 aliphatic carbocycles. The average molecular weight is 408 g/mol. The molecule has 0 N–H and O–H groups in total. The van der Waals surface area contributed by atoms with Crippen molar-refractivity contribution in [2.75, 3.05) is 26.2 Å². The molecule has 2 aromatic rings. The number of amides is 1. The molecule has 2 aliphatic heterocycles. The zero-order valence-electron chi connectivity index (χ0n) is 15.4. The molecule has 1 aromatic heterocycles. The van der Waals surface area contributed by atoms with Gasteiger partial charge in [-0.2, -0.15) is 9.29 Å². The predicted molar refractivity (Wildman–Crippen MR) is 96.4 cm³/mol. The summed E-state index contributed by atoms with van der Waals surface area (Å²) in [5, 5.41) is 4.07. The minimum Gasteiger partial charge on any atom is -0.343 e. The monoisotopic (exact) mass is 408 g/mol. The van der Waals surface area contributed by atoms with Crippen LogP contribution in [-0.2, 0) is 14.8 Å². The first-order valence-corrected chi connectivity index (χ1v) is 10.6. The summed E-state index contributed by atoms with van der Waals surface area (Å²) in [4.78, 5) is 17.8. The summed E-state index contributed by atoms with van der Waals surface area (Å²) < 4.78 is 44.8. The molecule has 0 spiro atoms. The Balaban J connectivity index is 1.37. The first kappa shape index (κ1) is 19.0. The molecule has 0 radical (unpaired) electrons. The average Bonchev–Trinajstić information content (AvgIpc) is 3.10. The number of sulfonamides is 1. The fourth-order valence-electron chi connectivity index (χ4n) is 3.58. The van der Waals surface area contributed by atoms with Gasteiger partial charge in [0.25, 0.3) is 0 Å². The van der Waals surface area contributed by atoms with E-state index in [9.17, 15) is 17.6 Å². The van der Waals surface area contributed by atoms with Crippen LogP contribution in [0.2, 0.25) is 0 Å². The molecular formula is C18H21FN4O4S. The number of nitrogens with zero attached hydrogens (tertiary/aromatic N) is 4. The lowest BCUT2D eigenvalue weighted by Crippen LogP contribution is -2.48. The SMILES string of the molecule is CC(=O)N1CCC(c2noc(C3CN(S(=O)(=O)c4ccc(F)cc4)C3)n2)CC1. The molecular weight excluding hydrogens is 387 g/mol. The van der Waals surface area contributed by atoms with Crippen molar-refractivity contribution in [3.63, 3.8) is 0 Å². The van der Waals surface area contributed by atoms with E-state index >= 15 is 0 Å². The second kappa shape index (κ2) is 7.25. The third-order valence-corrected chi connectivity index (χ3v) is 7.26. The summed E-state index contributed by atoms with van der Waals surface area (Å²) in [6, 6.07) is 4.78. The van der Waals surface area contributed by atoms with E-state index in [2.05, 4.69) is 10.1 Å². The van der Waals surface area contributed by atoms with Crippen molar-refractivity contribution in [2.24, 2.45) is 0 Å². The number of carbonyl (C=O) groups is 1. The third kappa shape index (κ3) is 3.53. The number of likely N-dealkylation sites (tertiary alicyclic amines) is 1. The van der Waals surface area contributed by atoms with Crippen LogP contribution in [-0.4, -0.2) is 59.8 Å². The highest BCUT2D eigenvalue weighted by Crippen LogP contribution is 2.33. The van der Waals surface area contributed by atoms with Gasteiger partial charge in [0.05, 0.1) is 10.8 Å². The van der Waals surface area contributed by atoms with Gasteiger partial charge in [0, 0.05) is 39.0 Å². The number of hydrogen-bond acceptors (Lipinski definition) is 6. The van der Waals surface area contributed by atoms with Crippen molar-refractivity contribution in [3.05, 3.63) is 41.8 Å². The fourth-order valence-corrected chi connectivity index (χ4v) is 5.11. The van der Waals surface area contributed by atoms with Crippen LogP contribution in [0.4, 0.5) is 4.39 Å². The largest absolute Gasteiger partial charge is 0.343 e. The minimum absolute atomic E-state index is 0.0656. The molecule has 150 valence electrons. The topological polar surface area (TPSA) is 96.6 Å². The van der Waals surface area contributed by atoms with E-state index < -0.39 is 15.8 Å². The van der Waals surface area contributed by atoms with Gasteiger partial charge in [0.1, 0.15) is 5.82 Å². The van der Waals surface area contributed by atoms with Crippen LogP contribution >= 0.6 is 0 Å². The molecule has 28 heavy (non-hydrogen) atoms. The van der Waals surface area contributed by atoms with Crippen LogP contribution in [0.5, 0.6) is 0 Å². The van der Waals surface area contributed by atoms with Gasteiger partial charge in [-0.1, -0.05) is 5.16 Å². The molecule has 8 nitrogen and oxygen atoms in total. The van der Waals surface area contributed by atoms with E-state index in [1.54, 1.807) is 6.92 Å². The molecule has 2 saturated heterocycles. The molecule has 3 heterocycles. The fraction of sp³-hybridized carbons (Fsp3) is 0.500. The van der Waals surface area contributed by atoms with Crippen molar-refractivity contribution in [3.8, 4) is 0 Å². The number of halogens is 1. The first-order chi connectivity index (χ1) is 13.3. The number of benzene rings is 1. The Morgan fingerprint density at radius 1 is 1.14 bits per heavy atom. The molecule has 10 heteroatoms. The number of rotatable bonds is 4. The molecule has 0 unspecified atom stereocenters. The number of hydrogen-bond donors (Lipinski definition) is 0. The number of aromatic nitrogens is 2. The summed E-state index contributed by atoms with van der Waals surface area (Å²) >= 11 is 0. The van der Waals surface area contributed by atoms with Crippen LogP contribution in [0.25, 0.3) is 0 Å². The molecule has 0 atom stereocenters. The van der Waals surface area contributed by atoms with E-state index in [4.69, 9.17) is 4.52 Å². The number of piperidine rings is 1. The van der Waals surface area contributed by atoms with Gasteiger partial charge in [-0.25, -0.2) is 12.8 Å². The predicted octanol–water partition coefficient (Wildman–Crippen LogP) is 1.72. The Morgan fingerprint density at radius 3 is 2.39 bits per heavy atom. The van der Waals surface area contributed by atoms with Gasteiger partial charge in [0.2, 0.25) is 21.8 Å². The highest BCUT2D eigenvalue weighted by Gasteiger charge is 2.40. The smallest absolute Gasteiger partial charge is 0.243 e. The van der Waals surface area contributed by atoms with Crippen molar-refractivity contribution in [2.45, 2.75) is 36.5 Å². The van der Waals surface area contributed by atoms with E-state index in [1.807, 2.05) is 4.90 Å². The van der Waals surface area contributed by atoms with Crippen LogP contribution in [0.3, 0.4) is 0 Å². The van der Waals surface area contributed by atoms with Crippen molar-refractivity contribution >= 4 is 15.9 Å². The maximum Gasteiger partial charge on any atom is 0.243 e. The van der Waals surface area contributed by atoms with E-state index in [1.165, 1.54) is 16.4 Å².